The molecule has 11 heteroatoms. The van der Waals surface area contributed by atoms with Crippen LogP contribution in [-0.4, -0.2) is 115 Å². The fourth-order valence-electron chi connectivity index (χ4n) is 2.63. The van der Waals surface area contributed by atoms with E-state index < -0.39 is 74.6 Å². The van der Waals surface area contributed by atoms with Crippen molar-refractivity contribution < 1.29 is 55.1 Å². The van der Waals surface area contributed by atoms with Gasteiger partial charge < -0.3 is 55.1 Å². The van der Waals surface area contributed by atoms with Crippen molar-refractivity contribution >= 4 is 0 Å². The summed E-state index contributed by atoms with van der Waals surface area (Å²) in [7, 11) is 0. The van der Waals surface area contributed by atoms with Gasteiger partial charge >= 0.3 is 0 Å². The predicted octanol–water partition coefficient (Wildman–Crippen LogP) is -5.40. The predicted molar refractivity (Wildman–Crippen MR) is 68.6 cm³/mol. The second-order valence-electron chi connectivity index (χ2n) is 5.56. The van der Waals surface area contributed by atoms with E-state index in [-0.39, 0.29) is 0 Å². The highest BCUT2D eigenvalue weighted by Gasteiger charge is 2.58. The average molecular weight is 344 g/mol. The molecular formula is C12H22O11. The lowest BCUT2D eigenvalue weighted by atomic mass is 9.99. The molecule has 0 unspecified atom stereocenters. The molecule has 0 saturated carbocycles. The Hall–Kier alpha value is -0.440. The standard InChI is InChI=1S/C12H22O11/c13-1-4-6(16)8(18)9(19)11(21-4)23-12(3-15)10(20)7(17)5(2-14)22-12/h4-11,13-20H,1-3H2/t4-,5-,6-,7-,8+,9-,10+,11-,12+/m1/s1/i3+2. The van der Waals surface area contributed by atoms with Crippen LogP contribution < -0.4 is 0 Å². The summed E-state index contributed by atoms with van der Waals surface area (Å²) in [6.07, 6.45) is -12.7. The lowest BCUT2D eigenvalue weighted by Gasteiger charge is -2.43. The Labute approximate surface area is 130 Å². The van der Waals surface area contributed by atoms with Crippen LogP contribution in [0.3, 0.4) is 0 Å². The molecule has 0 bridgehead atoms. The lowest BCUT2D eigenvalue weighted by molar-refractivity contribution is -0.383. The van der Waals surface area contributed by atoms with Crippen LogP contribution in [-0.2, 0) is 14.2 Å². The topological polar surface area (TPSA) is 190 Å². The maximum absolute atomic E-state index is 10.00. The molecule has 0 spiro atoms. The average Bonchev–Trinajstić information content (AvgIpc) is 2.80. The van der Waals surface area contributed by atoms with Gasteiger partial charge in [0.1, 0.15) is 49.3 Å². The third kappa shape index (κ3) is 3.23. The number of aliphatic hydroxyl groups excluding tert-OH is 8. The summed E-state index contributed by atoms with van der Waals surface area (Å²) in [6, 6.07) is 0. The Morgan fingerprint density at radius 2 is 1.48 bits per heavy atom. The summed E-state index contributed by atoms with van der Waals surface area (Å²) in [5.41, 5.74) is 0. The van der Waals surface area contributed by atoms with Crippen LogP contribution in [0.15, 0.2) is 0 Å². The number of ether oxygens (including phenoxy) is 3. The van der Waals surface area contributed by atoms with E-state index in [9.17, 15) is 30.6 Å². The molecule has 0 radical (unpaired) electrons. The van der Waals surface area contributed by atoms with Crippen molar-refractivity contribution in [3.63, 3.8) is 0 Å². The van der Waals surface area contributed by atoms with Gasteiger partial charge in [-0.15, -0.1) is 0 Å². The van der Waals surface area contributed by atoms with Gasteiger partial charge in [0, 0.05) is 0 Å². The minimum Gasteiger partial charge on any atom is -0.394 e. The summed E-state index contributed by atoms with van der Waals surface area (Å²) in [5, 5.41) is 76.7. The van der Waals surface area contributed by atoms with E-state index in [1.54, 1.807) is 0 Å². The summed E-state index contributed by atoms with van der Waals surface area (Å²) in [5.74, 6) is -2.22. The molecular weight excluding hydrogens is 322 g/mol. The summed E-state index contributed by atoms with van der Waals surface area (Å²) >= 11 is 0. The zero-order chi connectivity index (χ0) is 17.4. The zero-order valence-electron chi connectivity index (χ0n) is 12.0. The van der Waals surface area contributed by atoms with Crippen LogP contribution in [0.1, 0.15) is 0 Å². The molecule has 2 aliphatic heterocycles. The highest BCUT2D eigenvalue weighted by Crippen LogP contribution is 2.35. The molecule has 0 aromatic carbocycles. The van der Waals surface area contributed by atoms with E-state index in [4.69, 9.17) is 24.4 Å². The lowest BCUT2D eigenvalue weighted by Crippen LogP contribution is -2.62. The van der Waals surface area contributed by atoms with Gasteiger partial charge in [-0.3, -0.25) is 0 Å². The fraction of sp³-hybridized carbons (Fsp3) is 1.00. The maximum Gasteiger partial charge on any atom is 0.224 e. The highest BCUT2D eigenvalue weighted by atomic mass is 16.8. The Bertz CT molecular complexity index is 393. The maximum atomic E-state index is 10.00. The Balaban J connectivity index is 2.18. The van der Waals surface area contributed by atoms with Crippen LogP contribution in [0.2, 0.25) is 0 Å². The number of hydrogen-bond donors (Lipinski definition) is 8. The SMILES string of the molecule is OC[C@H]1O[C@@]([14CH2]O)(O[C@H]2O[C@H](CO)[C@@H](O)[C@H](O)[C@H]2O)[C@@H](O)[C@@H]1O. The van der Waals surface area contributed by atoms with Crippen LogP contribution in [0, 0.1) is 0 Å². The third-order valence-electron chi connectivity index (χ3n) is 4.07. The second-order valence-corrected chi connectivity index (χ2v) is 5.56. The van der Waals surface area contributed by atoms with Gasteiger partial charge in [0.25, 0.3) is 0 Å². The largest absolute Gasteiger partial charge is 0.394 e. The summed E-state index contributed by atoms with van der Waals surface area (Å²) in [4.78, 5) is 0. The van der Waals surface area contributed by atoms with E-state index in [1.165, 1.54) is 0 Å². The number of rotatable bonds is 5. The molecule has 0 amide bonds. The fourth-order valence-corrected chi connectivity index (χ4v) is 2.63. The van der Waals surface area contributed by atoms with Crippen molar-refractivity contribution in [2.24, 2.45) is 0 Å². The summed E-state index contributed by atoms with van der Waals surface area (Å²) in [6.45, 7) is -2.32. The molecule has 23 heavy (non-hydrogen) atoms. The molecule has 2 heterocycles. The first kappa shape index (κ1) is 18.9. The van der Waals surface area contributed by atoms with Gasteiger partial charge in [0.05, 0.1) is 13.2 Å². The van der Waals surface area contributed by atoms with Gasteiger partial charge in [-0.05, 0) is 0 Å². The van der Waals surface area contributed by atoms with Crippen molar-refractivity contribution in [3.05, 3.63) is 0 Å². The first-order valence-corrected chi connectivity index (χ1v) is 7.05. The van der Waals surface area contributed by atoms with E-state index in [1.807, 2.05) is 0 Å². The Kier molecular flexibility index (Phi) is 5.92. The second kappa shape index (κ2) is 7.21. The minimum atomic E-state index is -2.22. The molecule has 9 atom stereocenters. The van der Waals surface area contributed by atoms with Gasteiger partial charge in [-0.1, -0.05) is 0 Å². The van der Waals surface area contributed by atoms with E-state index in [0.29, 0.717) is 0 Å². The number of aliphatic hydroxyl groups is 8. The summed E-state index contributed by atoms with van der Waals surface area (Å²) < 4.78 is 15.4. The highest BCUT2D eigenvalue weighted by molar-refractivity contribution is 4.98. The van der Waals surface area contributed by atoms with Gasteiger partial charge in [0.2, 0.25) is 5.79 Å². The molecule has 8 N–H and O–H groups in total. The smallest absolute Gasteiger partial charge is 0.224 e. The molecule has 0 aromatic heterocycles. The van der Waals surface area contributed by atoms with Crippen molar-refractivity contribution in [3.8, 4) is 0 Å². The van der Waals surface area contributed by atoms with E-state index in [2.05, 4.69) is 0 Å². The molecule has 0 aromatic rings. The van der Waals surface area contributed by atoms with Crippen LogP contribution in [0.4, 0.5) is 0 Å². The van der Waals surface area contributed by atoms with Crippen LogP contribution in [0.5, 0.6) is 0 Å². The van der Waals surface area contributed by atoms with Crippen LogP contribution in [0.25, 0.3) is 0 Å². The number of hydrogen-bond acceptors (Lipinski definition) is 11. The van der Waals surface area contributed by atoms with Crippen molar-refractivity contribution in [1.82, 2.24) is 0 Å². The van der Waals surface area contributed by atoms with Crippen LogP contribution >= 0.6 is 0 Å². The Morgan fingerprint density at radius 3 is 1.96 bits per heavy atom. The molecule has 11 nitrogen and oxygen atoms in total. The third-order valence-corrected chi connectivity index (χ3v) is 4.07. The quantitative estimate of drug-likeness (QED) is 0.237. The molecule has 2 fully saturated rings. The van der Waals surface area contributed by atoms with Crippen molar-refractivity contribution in [2.45, 2.75) is 54.8 Å². The first-order chi connectivity index (χ1) is 10.8. The van der Waals surface area contributed by atoms with Gasteiger partial charge in [-0.25, -0.2) is 0 Å². The molecule has 2 aliphatic rings. The first-order valence-electron chi connectivity index (χ1n) is 7.05. The Morgan fingerprint density at radius 1 is 0.870 bits per heavy atom. The van der Waals surface area contributed by atoms with Gasteiger partial charge in [0.15, 0.2) is 6.29 Å². The van der Waals surface area contributed by atoms with Crippen molar-refractivity contribution in [1.29, 1.82) is 0 Å². The van der Waals surface area contributed by atoms with Crippen molar-refractivity contribution in [2.75, 3.05) is 19.8 Å². The normalized spacial score (nSPS) is 51.1. The molecule has 2 rings (SSSR count). The molecule has 136 valence electrons. The van der Waals surface area contributed by atoms with E-state index >= 15 is 0 Å². The monoisotopic (exact) mass is 344 g/mol. The van der Waals surface area contributed by atoms with E-state index in [0.717, 1.165) is 0 Å². The minimum absolute atomic E-state index is 0.669. The van der Waals surface area contributed by atoms with Gasteiger partial charge in [-0.2, -0.15) is 0 Å². The molecule has 0 aliphatic carbocycles. The molecule has 2 saturated heterocycles. The zero-order valence-corrected chi connectivity index (χ0v) is 12.0.